The van der Waals surface area contributed by atoms with Gasteiger partial charge in [-0.05, 0) is 44.4 Å². The lowest BCUT2D eigenvalue weighted by atomic mass is 9.73. The molecule has 0 amide bonds. The van der Waals surface area contributed by atoms with E-state index in [1.807, 2.05) is 0 Å². The normalized spacial score (nSPS) is 33.3. The zero-order chi connectivity index (χ0) is 18.9. The fraction of sp³-hybridized carbons (Fsp3) is 0.773. The van der Waals surface area contributed by atoms with Crippen LogP contribution in [0.4, 0.5) is 0 Å². The molecule has 2 aliphatic carbocycles. The number of hydrogen-bond acceptors (Lipinski definition) is 4. The van der Waals surface area contributed by atoms with Gasteiger partial charge in [0.2, 0.25) is 0 Å². The summed E-state index contributed by atoms with van der Waals surface area (Å²) < 4.78 is 11.8. The van der Waals surface area contributed by atoms with Crippen LogP contribution in [0.1, 0.15) is 65.7 Å². The molecule has 4 nitrogen and oxygen atoms in total. The molecule has 1 N–H and O–H groups in total. The van der Waals surface area contributed by atoms with Crippen molar-refractivity contribution in [1.82, 2.24) is 0 Å². The smallest absolute Gasteiger partial charge is 0.190 e. The lowest BCUT2D eigenvalue weighted by molar-refractivity contribution is -0.129. The number of rotatable bonds is 7. The van der Waals surface area contributed by atoms with Gasteiger partial charge in [-0.25, -0.2) is 0 Å². The Bertz CT molecular complexity index is 605. The second kappa shape index (κ2) is 7.85. The predicted molar refractivity (Wildman–Crippen MR) is 102 cm³/mol. The lowest BCUT2D eigenvalue weighted by Crippen LogP contribution is -2.43. The van der Waals surface area contributed by atoms with Crippen molar-refractivity contribution in [1.29, 1.82) is 0 Å². The Kier molecular flexibility index (Phi) is 5.93. The maximum absolute atomic E-state index is 12.7. The first-order valence-corrected chi connectivity index (χ1v) is 10.2. The lowest BCUT2D eigenvalue weighted by Gasteiger charge is -2.43. The first kappa shape index (κ1) is 19.6. The third-order valence-electron chi connectivity index (χ3n) is 6.71. The first-order valence-electron chi connectivity index (χ1n) is 10.2. The van der Waals surface area contributed by atoms with Gasteiger partial charge in [-0.15, -0.1) is 0 Å². The van der Waals surface area contributed by atoms with Crippen LogP contribution in [-0.4, -0.2) is 36.3 Å². The van der Waals surface area contributed by atoms with Crippen molar-refractivity contribution in [2.45, 2.75) is 77.4 Å². The summed E-state index contributed by atoms with van der Waals surface area (Å²) in [5.41, 5.74) is 2.14. The van der Waals surface area contributed by atoms with Crippen LogP contribution in [-0.2, 0) is 14.3 Å². The van der Waals surface area contributed by atoms with E-state index in [9.17, 15) is 9.90 Å². The van der Waals surface area contributed by atoms with Crippen molar-refractivity contribution in [2.75, 3.05) is 13.7 Å². The monoisotopic (exact) mass is 362 g/mol. The third kappa shape index (κ3) is 3.63. The van der Waals surface area contributed by atoms with E-state index < -0.39 is 0 Å². The number of fused-ring (bicyclic) bond motifs is 1. The summed E-state index contributed by atoms with van der Waals surface area (Å²) in [6.45, 7) is 6.87. The van der Waals surface area contributed by atoms with E-state index in [-0.39, 0.29) is 24.1 Å². The van der Waals surface area contributed by atoms with E-state index >= 15 is 0 Å². The van der Waals surface area contributed by atoms with Crippen LogP contribution in [0.5, 0.6) is 0 Å². The van der Waals surface area contributed by atoms with E-state index in [1.165, 1.54) is 5.57 Å². The summed E-state index contributed by atoms with van der Waals surface area (Å²) in [5, 5.41) is 9.20. The van der Waals surface area contributed by atoms with E-state index in [0.717, 1.165) is 56.3 Å². The molecule has 4 heteroatoms. The van der Waals surface area contributed by atoms with Crippen molar-refractivity contribution < 1.29 is 19.4 Å². The molecule has 3 aliphatic rings. The van der Waals surface area contributed by atoms with E-state index in [4.69, 9.17) is 9.47 Å². The fourth-order valence-electron chi connectivity index (χ4n) is 4.89. The molecule has 0 aromatic carbocycles. The van der Waals surface area contributed by atoms with Gasteiger partial charge in [-0.3, -0.25) is 4.79 Å². The van der Waals surface area contributed by atoms with Gasteiger partial charge in [0.25, 0.3) is 0 Å². The molecule has 0 spiro atoms. The molecule has 0 aromatic rings. The molecule has 1 aliphatic heterocycles. The minimum atomic E-state index is -0.298. The van der Waals surface area contributed by atoms with Gasteiger partial charge in [0.15, 0.2) is 5.78 Å². The number of methoxy groups -OCH3 is 1. The second-order valence-electron chi connectivity index (χ2n) is 8.73. The third-order valence-corrected chi connectivity index (χ3v) is 6.71. The van der Waals surface area contributed by atoms with E-state index in [0.29, 0.717) is 17.8 Å². The molecule has 0 saturated heterocycles. The number of carbonyl (C=O) groups excluding carboxylic acids is 1. The first-order chi connectivity index (χ1) is 12.4. The average Bonchev–Trinajstić information content (AvgIpc) is 2.96. The van der Waals surface area contributed by atoms with Crippen molar-refractivity contribution in [3.63, 3.8) is 0 Å². The summed E-state index contributed by atoms with van der Waals surface area (Å²) in [5.74, 6) is 2.22. The van der Waals surface area contributed by atoms with Crippen molar-refractivity contribution >= 4 is 5.78 Å². The summed E-state index contributed by atoms with van der Waals surface area (Å²) in [6, 6.07) is 0. The average molecular weight is 363 g/mol. The van der Waals surface area contributed by atoms with Gasteiger partial charge < -0.3 is 14.6 Å². The maximum Gasteiger partial charge on any atom is 0.190 e. The SMILES string of the molecule is COC1CCC2=C(CC3C(C(C)CCCC(C)CO)=CCC3(C)O2)C1=O. The van der Waals surface area contributed by atoms with Gasteiger partial charge in [-0.1, -0.05) is 31.9 Å². The molecule has 0 radical (unpaired) electrons. The van der Waals surface area contributed by atoms with Crippen LogP contribution in [0.2, 0.25) is 0 Å². The van der Waals surface area contributed by atoms with Crippen molar-refractivity contribution in [3.05, 3.63) is 23.0 Å². The van der Waals surface area contributed by atoms with Gasteiger partial charge in [0.05, 0.1) is 0 Å². The molecule has 0 bridgehead atoms. The molecule has 0 saturated carbocycles. The van der Waals surface area contributed by atoms with Gasteiger partial charge in [-0.2, -0.15) is 0 Å². The van der Waals surface area contributed by atoms with Crippen LogP contribution >= 0.6 is 0 Å². The molecule has 0 aromatic heterocycles. The summed E-state index contributed by atoms with van der Waals surface area (Å²) in [4.78, 5) is 12.7. The number of aliphatic hydroxyl groups is 1. The minimum absolute atomic E-state index is 0.131. The van der Waals surface area contributed by atoms with Gasteiger partial charge >= 0.3 is 0 Å². The molecule has 0 fully saturated rings. The molecular weight excluding hydrogens is 328 g/mol. The Labute approximate surface area is 157 Å². The molecule has 26 heavy (non-hydrogen) atoms. The number of hydrogen-bond donors (Lipinski definition) is 1. The molecule has 1 heterocycles. The molecule has 5 atom stereocenters. The highest BCUT2D eigenvalue weighted by molar-refractivity contribution is 6.00. The highest BCUT2D eigenvalue weighted by Gasteiger charge is 2.49. The van der Waals surface area contributed by atoms with Gasteiger partial charge in [0, 0.05) is 38.0 Å². The Morgan fingerprint density at radius 2 is 2.15 bits per heavy atom. The van der Waals surface area contributed by atoms with Crippen molar-refractivity contribution in [3.8, 4) is 0 Å². The fourth-order valence-corrected chi connectivity index (χ4v) is 4.89. The Morgan fingerprint density at radius 1 is 1.38 bits per heavy atom. The number of carbonyl (C=O) groups is 1. The predicted octanol–water partition coefficient (Wildman–Crippen LogP) is 4.18. The number of aliphatic hydroxyl groups excluding tert-OH is 1. The molecule has 3 rings (SSSR count). The van der Waals surface area contributed by atoms with Gasteiger partial charge in [0.1, 0.15) is 17.5 Å². The number of allylic oxidation sites excluding steroid dienone is 1. The minimum Gasteiger partial charge on any atom is -0.491 e. The highest BCUT2D eigenvalue weighted by atomic mass is 16.5. The molecule has 5 unspecified atom stereocenters. The number of ether oxygens (including phenoxy) is 2. The Hall–Kier alpha value is -1.13. The Balaban J connectivity index is 1.69. The van der Waals surface area contributed by atoms with Crippen LogP contribution in [0, 0.1) is 17.8 Å². The van der Waals surface area contributed by atoms with E-state index in [2.05, 4.69) is 26.8 Å². The zero-order valence-corrected chi connectivity index (χ0v) is 16.7. The van der Waals surface area contributed by atoms with Crippen molar-refractivity contribution in [2.24, 2.45) is 17.8 Å². The zero-order valence-electron chi connectivity index (χ0n) is 16.7. The standard InChI is InChI=1S/C22H34O4/c1-14(13-23)6-5-7-15(2)16-10-11-22(3)18(16)12-17-19(26-22)8-9-20(25-4)21(17)24/h10,14-15,18,20,23H,5-9,11-13H2,1-4H3. The van der Waals surface area contributed by atoms with Crippen LogP contribution < -0.4 is 0 Å². The largest absolute Gasteiger partial charge is 0.491 e. The van der Waals surface area contributed by atoms with Crippen LogP contribution in [0.25, 0.3) is 0 Å². The topological polar surface area (TPSA) is 55.8 Å². The molecular formula is C22H34O4. The molecule has 146 valence electrons. The Morgan fingerprint density at radius 3 is 2.85 bits per heavy atom. The highest BCUT2D eigenvalue weighted by Crippen LogP contribution is 2.51. The quantitative estimate of drug-likeness (QED) is 0.690. The van der Waals surface area contributed by atoms with Crippen LogP contribution in [0.15, 0.2) is 23.0 Å². The van der Waals surface area contributed by atoms with E-state index in [1.54, 1.807) is 7.11 Å². The maximum atomic E-state index is 12.7. The summed E-state index contributed by atoms with van der Waals surface area (Å²) in [7, 11) is 1.62. The summed E-state index contributed by atoms with van der Waals surface area (Å²) in [6.07, 6.45) is 8.66. The van der Waals surface area contributed by atoms with Crippen LogP contribution in [0.3, 0.4) is 0 Å². The second-order valence-corrected chi connectivity index (χ2v) is 8.73. The summed E-state index contributed by atoms with van der Waals surface area (Å²) >= 11 is 0. The number of Topliss-reactive ketones (excluding diaryl/α,β-unsaturated/α-hetero) is 1. The number of ketones is 1.